The molecule has 0 spiro atoms. The van der Waals surface area contributed by atoms with Gasteiger partial charge in [0.05, 0.1) is 11.5 Å². The van der Waals surface area contributed by atoms with Crippen molar-refractivity contribution >= 4 is 15.9 Å². The molecule has 1 heterocycles. The molecule has 158 valence electrons. The Balaban J connectivity index is 1.74. The zero-order chi connectivity index (χ0) is 21.0. The van der Waals surface area contributed by atoms with Crippen LogP contribution in [0.2, 0.25) is 0 Å². The molecule has 0 bridgehead atoms. The molecule has 1 aliphatic rings. The highest BCUT2D eigenvalue weighted by molar-refractivity contribution is 7.89. The van der Waals surface area contributed by atoms with Gasteiger partial charge in [-0.15, -0.1) is 0 Å². The molecule has 1 atom stereocenters. The maximum Gasteiger partial charge on any atom is 0.251 e. The first-order valence-corrected chi connectivity index (χ1v) is 11.0. The van der Waals surface area contributed by atoms with E-state index in [4.69, 9.17) is 9.26 Å². The number of rotatable bonds is 10. The van der Waals surface area contributed by atoms with Gasteiger partial charge in [0.15, 0.2) is 5.82 Å². The third kappa shape index (κ3) is 5.40. The smallest absolute Gasteiger partial charge is 0.251 e. The van der Waals surface area contributed by atoms with Crippen molar-refractivity contribution in [2.45, 2.75) is 43.5 Å². The summed E-state index contributed by atoms with van der Waals surface area (Å²) in [6, 6.07) is 5.39. The Bertz CT molecular complexity index is 953. The topological polar surface area (TPSA) is 123 Å². The SMILES string of the molecule is COCCNS(=O)(=O)c1cccc(C(=O)NC(c2nc(C3CC3)no2)C(C)C)c1. The Kier molecular flexibility index (Phi) is 6.66. The molecule has 29 heavy (non-hydrogen) atoms. The number of sulfonamides is 1. The molecule has 1 aromatic heterocycles. The molecule has 1 fully saturated rings. The molecular formula is C19H26N4O5S. The van der Waals surface area contributed by atoms with Gasteiger partial charge in [-0.1, -0.05) is 25.1 Å². The fraction of sp³-hybridized carbons (Fsp3) is 0.526. The van der Waals surface area contributed by atoms with Crippen LogP contribution in [0.4, 0.5) is 0 Å². The van der Waals surface area contributed by atoms with E-state index in [1.165, 1.54) is 25.3 Å². The molecule has 0 aliphatic heterocycles. The lowest BCUT2D eigenvalue weighted by Gasteiger charge is -2.18. The number of hydrogen-bond acceptors (Lipinski definition) is 7. The first-order valence-electron chi connectivity index (χ1n) is 9.55. The first-order chi connectivity index (χ1) is 13.8. The average molecular weight is 423 g/mol. The summed E-state index contributed by atoms with van der Waals surface area (Å²) in [5, 5.41) is 6.89. The zero-order valence-electron chi connectivity index (χ0n) is 16.7. The molecule has 0 radical (unpaired) electrons. The van der Waals surface area contributed by atoms with E-state index in [9.17, 15) is 13.2 Å². The molecule has 1 saturated carbocycles. The van der Waals surface area contributed by atoms with Crippen LogP contribution in [0, 0.1) is 5.92 Å². The van der Waals surface area contributed by atoms with Crippen LogP contribution < -0.4 is 10.0 Å². The number of aromatic nitrogens is 2. The van der Waals surface area contributed by atoms with Gasteiger partial charge in [0.2, 0.25) is 15.9 Å². The van der Waals surface area contributed by atoms with Gasteiger partial charge in [0, 0.05) is 25.1 Å². The van der Waals surface area contributed by atoms with Crippen molar-refractivity contribution in [3.8, 4) is 0 Å². The Hall–Kier alpha value is -2.30. The first kappa shape index (κ1) is 21.4. The summed E-state index contributed by atoms with van der Waals surface area (Å²) in [5.41, 5.74) is 0.229. The van der Waals surface area contributed by atoms with Gasteiger partial charge in [0.1, 0.15) is 6.04 Å². The highest BCUT2D eigenvalue weighted by atomic mass is 32.2. The fourth-order valence-corrected chi connectivity index (χ4v) is 3.84. The van der Waals surface area contributed by atoms with E-state index < -0.39 is 22.0 Å². The van der Waals surface area contributed by atoms with Crippen molar-refractivity contribution in [3.63, 3.8) is 0 Å². The van der Waals surface area contributed by atoms with Gasteiger partial charge in [-0.05, 0) is 37.0 Å². The summed E-state index contributed by atoms with van der Waals surface area (Å²) >= 11 is 0. The summed E-state index contributed by atoms with van der Waals surface area (Å²) in [4.78, 5) is 17.2. The lowest BCUT2D eigenvalue weighted by atomic mass is 10.0. The minimum Gasteiger partial charge on any atom is -0.383 e. The van der Waals surface area contributed by atoms with Crippen LogP contribution in [0.5, 0.6) is 0 Å². The minimum absolute atomic E-state index is 0.00841. The standard InChI is InChI=1S/C19H26N4O5S/c1-12(2)16(19-22-17(23-28-19)13-7-8-13)21-18(24)14-5-4-6-15(11-14)29(25,26)20-9-10-27-3/h4-6,11-13,16,20H,7-10H2,1-3H3,(H,21,24). The third-order valence-electron chi connectivity index (χ3n) is 4.62. The van der Waals surface area contributed by atoms with E-state index in [0.29, 0.717) is 17.6 Å². The second kappa shape index (κ2) is 9.02. The van der Waals surface area contributed by atoms with Crippen molar-refractivity contribution < 1.29 is 22.5 Å². The number of methoxy groups -OCH3 is 1. The minimum atomic E-state index is -3.74. The normalized spacial score (nSPS) is 15.4. The van der Waals surface area contributed by atoms with Gasteiger partial charge in [-0.2, -0.15) is 4.98 Å². The Morgan fingerprint density at radius 1 is 1.34 bits per heavy atom. The van der Waals surface area contributed by atoms with Crippen LogP contribution in [-0.4, -0.2) is 44.7 Å². The Morgan fingerprint density at radius 3 is 2.76 bits per heavy atom. The second-order valence-corrected chi connectivity index (χ2v) is 9.15. The molecule has 1 unspecified atom stereocenters. The van der Waals surface area contributed by atoms with Crippen LogP contribution in [0.3, 0.4) is 0 Å². The number of carbonyl (C=O) groups is 1. The maximum absolute atomic E-state index is 12.8. The van der Waals surface area contributed by atoms with E-state index in [1.54, 1.807) is 6.07 Å². The molecule has 9 nitrogen and oxygen atoms in total. The lowest BCUT2D eigenvalue weighted by molar-refractivity contribution is 0.0913. The van der Waals surface area contributed by atoms with Crippen LogP contribution in [0.1, 0.15) is 60.7 Å². The zero-order valence-corrected chi connectivity index (χ0v) is 17.5. The number of ether oxygens (including phenoxy) is 1. The Morgan fingerprint density at radius 2 is 2.10 bits per heavy atom. The van der Waals surface area contributed by atoms with Gasteiger partial charge < -0.3 is 14.6 Å². The molecule has 2 aromatic rings. The number of carbonyl (C=O) groups excluding carboxylic acids is 1. The van der Waals surface area contributed by atoms with E-state index >= 15 is 0 Å². The molecule has 1 amide bonds. The summed E-state index contributed by atoms with van der Waals surface area (Å²) in [6.07, 6.45) is 2.11. The van der Waals surface area contributed by atoms with Gasteiger partial charge >= 0.3 is 0 Å². The van der Waals surface area contributed by atoms with Gasteiger partial charge in [-0.25, -0.2) is 13.1 Å². The van der Waals surface area contributed by atoms with Crippen LogP contribution in [-0.2, 0) is 14.8 Å². The molecule has 0 saturated heterocycles. The highest BCUT2D eigenvalue weighted by Crippen LogP contribution is 2.38. The number of hydrogen-bond donors (Lipinski definition) is 2. The number of nitrogens with one attached hydrogen (secondary N) is 2. The predicted molar refractivity (Wildman–Crippen MR) is 105 cm³/mol. The number of amides is 1. The van der Waals surface area contributed by atoms with Crippen LogP contribution in [0.25, 0.3) is 0 Å². The summed E-state index contributed by atoms with van der Waals surface area (Å²) < 4.78 is 37.4. The number of nitrogens with zero attached hydrogens (tertiary/aromatic N) is 2. The highest BCUT2D eigenvalue weighted by Gasteiger charge is 2.31. The molecular weight excluding hydrogens is 396 g/mol. The largest absolute Gasteiger partial charge is 0.383 e. The Labute approximate surface area is 170 Å². The van der Waals surface area contributed by atoms with Crippen molar-refractivity contribution in [3.05, 3.63) is 41.5 Å². The van der Waals surface area contributed by atoms with E-state index in [1.807, 2.05) is 13.8 Å². The summed E-state index contributed by atoms with van der Waals surface area (Å²) in [7, 11) is -2.25. The maximum atomic E-state index is 12.8. The molecule has 1 aliphatic carbocycles. The van der Waals surface area contributed by atoms with Crippen molar-refractivity contribution in [1.29, 1.82) is 0 Å². The van der Waals surface area contributed by atoms with Crippen molar-refractivity contribution in [2.24, 2.45) is 5.92 Å². The second-order valence-electron chi connectivity index (χ2n) is 7.38. The van der Waals surface area contributed by atoms with Gasteiger partial charge in [-0.3, -0.25) is 4.79 Å². The van der Waals surface area contributed by atoms with Crippen molar-refractivity contribution in [1.82, 2.24) is 20.2 Å². The molecule has 3 rings (SSSR count). The summed E-state index contributed by atoms with van der Waals surface area (Å²) in [6.45, 7) is 4.27. The molecule has 1 aromatic carbocycles. The van der Waals surface area contributed by atoms with Gasteiger partial charge in [0.25, 0.3) is 5.91 Å². The molecule has 10 heteroatoms. The van der Waals surface area contributed by atoms with E-state index in [0.717, 1.165) is 12.8 Å². The fourth-order valence-electron chi connectivity index (χ4n) is 2.78. The van der Waals surface area contributed by atoms with E-state index in [2.05, 4.69) is 20.2 Å². The average Bonchev–Trinajstić information content (AvgIpc) is 3.43. The van der Waals surface area contributed by atoms with Crippen molar-refractivity contribution in [2.75, 3.05) is 20.3 Å². The lowest BCUT2D eigenvalue weighted by Crippen LogP contribution is -2.32. The molecule has 2 N–H and O–H groups in total. The van der Waals surface area contributed by atoms with E-state index in [-0.39, 0.29) is 29.5 Å². The number of benzene rings is 1. The summed E-state index contributed by atoms with van der Waals surface area (Å²) in [5.74, 6) is 0.983. The third-order valence-corrected chi connectivity index (χ3v) is 6.08. The quantitative estimate of drug-likeness (QED) is 0.561. The predicted octanol–water partition coefficient (Wildman–Crippen LogP) is 2.00. The van der Waals surface area contributed by atoms with Crippen LogP contribution >= 0.6 is 0 Å². The monoisotopic (exact) mass is 422 g/mol. The van der Waals surface area contributed by atoms with Crippen LogP contribution in [0.15, 0.2) is 33.7 Å².